The van der Waals surface area contributed by atoms with Crippen LogP contribution in [0.2, 0.25) is 0 Å². The van der Waals surface area contributed by atoms with Gasteiger partial charge in [-0.15, -0.1) is 0 Å². The summed E-state index contributed by atoms with van der Waals surface area (Å²) >= 11 is 0. The summed E-state index contributed by atoms with van der Waals surface area (Å²) in [6.45, 7) is 7.22. The highest BCUT2D eigenvalue weighted by molar-refractivity contribution is 5.69. The zero-order valence-electron chi connectivity index (χ0n) is 8.41. The molecule has 0 bridgehead atoms. The predicted molar refractivity (Wildman–Crippen MR) is 48.4 cm³/mol. The maximum atomic E-state index is 11.0. The quantitative estimate of drug-likeness (QED) is 0.697. The molecule has 1 N–H and O–H groups in total. The number of ether oxygens (including phenoxy) is 1. The van der Waals surface area contributed by atoms with Crippen molar-refractivity contribution < 1.29 is 14.6 Å². The maximum absolute atomic E-state index is 11.0. The van der Waals surface area contributed by atoms with Gasteiger partial charge in [-0.25, -0.2) is 4.79 Å². The molecule has 13 heavy (non-hydrogen) atoms. The fraction of sp³-hybridized carbons (Fsp3) is 0.889. The third kappa shape index (κ3) is 2.59. The van der Waals surface area contributed by atoms with Gasteiger partial charge in [-0.1, -0.05) is 20.8 Å². The van der Waals surface area contributed by atoms with Crippen LogP contribution in [0.4, 0.5) is 4.79 Å². The lowest BCUT2D eigenvalue weighted by molar-refractivity contribution is 0.0395. The van der Waals surface area contributed by atoms with Crippen LogP contribution >= 0.6 is 0 Å². The molecule has 0 aromatic carbocycles. The number of hydrogen-bond donors (Lipinski definition) is 1. The predicted octanol–water partition coefficient (Wildman–Crippen LogP) is 0.846. The minimum Gasteiger partial charge on any atom is -0.448 e. The number of aliphatic hydroxyl groups is 1. The molecule has 4 heteroatoms. The standard InChI is InChI=1S/C9H17NO3/c1-9(2,3)7(11)6-10-4-5-13-8(10)12/h7,11H,4-6H2,1-3H3. The Morgan fingerprint density at radius 3 is 2.62 bits per heavy atom. The zero-order valence-corrected chi connectivity index (χ0v) is 8.41. The van der Waals surface area contributed by atoms with Gasteiger partial charge in [0.25, 0.3) is 0 Å². The summed E-state index contributed by atoms with van der Waals surface area (Å²) in [6, 6.07) is 0. The second-order valence-electron chi connectivity index (χ2n) is 4.44. The molecule has 0 saturated carbocycles. The second kappa shape index (κ2) is 3.54. The Morgan fingerprint density at radius 2 is 2.23 bits per heavy atom. The van der Waals surface area contributed by atoms with Crippen molar-refractivity contribution in [3.8, 4) is 0 Å². The van der Waals surface area contributed by atoms with Crippen LogP contribution in [0.1, 0.15) is 20.8 Å². The van der Waals surface area contributed by atoms with Gasteiger partial charge in [0, 0.05) is 0 Å². The first-order chi connectivity index (χ1) is 5.91. The number of aliphatic hydroxyl groups excluding tert-OH is 1. The number of β-amino-alcohol motifs (C(OH)–C–C–N with tert-alkyl or cyclic N) is 1. The first-order valence-corrected chi connectivity index (χ1v) is 4.51. The summed E-state index contributed by atoms with van der Waals surface area (Å²) in [7, 11) is 0. The fourth-order valence-corrected chi connectivity index (χ4v) is 1.07. The van der Waals surface area contributed by atoms with E-state index in [9.17, 15) is 9.90 Å². The Morgan fingerprint density at radius 1 is 1.62 bits per heavy atom. The molecule has 0 aromatic rings. The van der Waals surface area contributed by atoms with E-state index >= 15 is 0 Å². The molecule has 0 radical (unpaired) electrons. The molecule has 1 amide bonds. The van der Waals surface area contributed by atoms with Crippen molar-refractivity contribution in [3.05, 3.63) is 0 Å². The largest absolute Gasteiger partial charge is 0.448 e. The molecule has 1 saturated heterocycles. The molecule has 1 rings (SSSR count). The third-order valence-corrected chi connectivity index (χ3v) is 2.24. The van der Waals surface area contributed by atoms with E-state index < -0.39 is 6.10 Å². The SMILES string of the molecule is CC(C)(C)C(O)CN1CCOC1=O. The highest BCUT2D eigenvalue weighted by Crippen LogP contribution is 2.20. The van der Waals surface area contributed by atoms with Crippen molar-refractivity contribution in [1.29, 1.82) is 0 Å². The summed E-state index contributed by atoms with van der Waals surface area (Å²) in [5, 5.41) is 9.71. The van der Waals surface area contributed by atoms with Gasteiger partial charge in [0.2, 0.25) is 0 Å². The highest BCUT2D eigenvalue weighted by atomic mass is 16.6. The van der Waals surface area contributed by atoms with Gasteiger partial charge < -0.3 is 14.7 Å². The van der Waals surface area contributed by atoms with Crippen molar-refractivity contribution in [2.45, 2.75) is 26.9 Å². The van der Waals surface area contributed by atoms with E-state index in [-0.39, 0.29) is 11.5 Å². The first kappa shape index (κ1) is 10.3. The first-order valence-electron chi connectivity index (χ1n) is 4.51. The van der Waals surface area contributed by atoms with E-state index in [0.29, 0.717) is 19.7 Å². The Balaban J connectivity index is 2.44. The van der Waals surface area contributed by atoms with Crippen LogP contribution in [0.15, 0.2) is 0 Å². The summed E-state index contributed by atoms with van der Waals surface area (Å²) in [6.07, 6.45) is -0.818. The van der Waals surface area contributed by atoms with E-state index in [1.807, 2.05) is 20.8 Å². The number of cyclic esters (lactones) is 1. The zero-order chi connectivity index (χ0) is 10.1. The van der Waals surface area contributed by atoms with Crippen molar-refractivity contribution in [2.24, 2.45) is 5.41 Å². The van der Waals surface area contributed by atoms with Crippen molar-refractivity contribution >= 4 is 6.09 Å². The summed E-state index contributed by atoms with van der Waals surface area (Å²) in [5.41, 5.74) is -0.192. The number of hydrogen-bond acceptors (Lipinski definition) is 3. The topological polar surface area (TPSA) is 49.8 Å². The Labute approximate surface area is 78.5 Å². The van der Waals surface area contributed by atoms with Gasteiger partial charge in [0.15, 0.2) is 0 Å². The van der Waals surface area contributed by atoms with Crippen LogP contribution in [0.5, 0.6) is 0 Å². The summed E-state index contributed by atoms with van der Waals surface area (Å²) in [5.74, 6) is 0. The van der Waals surface area contributed by atoms with Crippen LogP contribution in [-0.2, 0) is 4.74 Å². The molecule has 0 aromatic heterocycles. The second-order valence-corrected chi connectivity index (χ2v) is 4.44. The smallest absolute Gasteiger partial charge is 0.410 e. The van der Waals surface area contributed by atoms with E-state index in [2.05, 4.69) is 0 Å². The number of carbonyl (C=O) groups excluding carboxylic acids is 1. The van der Waals surface area contributed by atoms with Gasteiger partial charge in [0.1, 0.15) is 6.61 Å². The van der Waals surface area contributed by atoms with Crippen molar-refractivity contribution in [3.63, 3.8) is 0 Å². The lowest BCUT2D eigenvalue weighted by Gasteiger charge is -2.28. The molecule has 76 valence electrons. The lowest BCUT2D eigenvalue weighted by Crippen LogP contribution is -2.39. The molecular formula is C9H17NO3. The Bertz CT molecular complexity index is 198. The molecular weight excluding hydrogens is 170 g/mol. The number of carbonyl (C=O) groups is 1. The maximum Gasteiger partial charge on any atom is 0.410 e. The average molecular weight is 187 g/mol. The molecule has 1 fully saturated rings. The average Bonchev–Trinajstić information content (AvgIpc) is 2.34. The normalized spacial score (nSPS) is 20.3. The van der Waals surface area contributed by atoms with Gasteiger partial charge in [0.05, 0.1) is 19.2 Å². The summed E-state index contributed by atoms with van der Waals surface area (Å²) in [4.78, 5) is 12.6. The van der Waals surface area contributed by atoms with Gasteiger partial charge in [-0.05, 0) is 5.41 Å². The molecule has 1 aliphatic rings. The van der Waals surface area contributed by atoms with Crippen molar-refractivity contribution in [2.75, 3.05) is 19.7 Å². The number of rotatable bonds is 2. The molecule has 0 aliphatic carbocycles. The van der Waals surface area contributed by atoms with Gasteiger partial charge >= 0.3 is 6.09 Å². The Hall–Kier alpha value is -0.770. The van der Waals surface area contributed by atoms with E-state index in [1.165, 1.54) is 4.90 Å². The van der Waals surface area contributed by atoms with Crippen LogP contribution in [-0.4, -0.2) is 41.9 Å². The van der Waals surface area contributed by atoms with Crippen LogP contribution in [0.25, 0.3) is 0 Å². The lowest BCUT2D eigenvalue weighted by atomic mass is 9.89. The highest BCUT2D eigenvalue weighted by Gasteiger charge is 2.29. The Kier molecular flexibility index (Phi) is 2.81. The van der Waals surface area contributed by atoms with Crippen LogP contribution < -0.4 is 0 Å². The van der Waals surface area contributed by atoms with Gasteiger partial charge in [-0.2, -0.15) is 0 Å². The molecule has 4 nitrogen and oxygen atoms in total. The minimum absolute atomic E-state index is 0.192. The summed E-state index contributed by atoms with van der Waals surface area (Å²) < 4.78 is 4.75. The van der Waals surface area contributed by atoms with Gasteiger partial charge in [-0.3, -0.25) is 0 Å². The fourth-order valence-electron chi connectivity index (χ4n) is 1.07. The number of amides is 1. The van der Waals surface area contributed by atoms with Crippen LogP contribution in [0, 0.1) is 5.41 Å². The molecule has 1 heterocycles. The van der Waals surface area contributed by atoms with Crippen LogP contribution in [0.3, 0.4) is 0 Å². The van der Waals surface area contributed by atoms with E-state index in [0.717, 1.165) is 0 Å². The molecule has 1 aliphatic heterocycles. The molecule has 0 spiro atoms. The minimum atomic E-state index is -0.502. The monoisotopic (exact) mass is 187 g/mol. The van der Waals surface area contributed by atoms with E-state index in [4.69, 9.17) is 4.74 Å². The van der Waals surface area contributed by atoms with E-state index in [1.54, 1.807) is 0 Å². The number of nitrogens with zero attached hydrogens (tertiary/aromatic N) is 1. The molecule has 1 unspecified atom stereocenters. The molecule has 1 atom stereocenters. The third-order valence-electron chi connectivity index (χ3n) is 2.24. The van der Waals surface area contributed by atoms with Crippen molar-refractivity contribution in [1.82, 2.24) is 4.90 Å².